The zero-order valence-electron chi connectivity index (χ0n) is 28.9. The number of alkyl halides is 6. The number of hydrogen-bond donors (Lipinski definition) is 4. The summed E-state index contributed by atoms with van der Waals surface area (Å²) in [5, 5.41) is 30.8. The average molecular weight is 721 g/mol. The minimum absolute atomic E-state index is 0.132. The van der Waals surface area contributed by atoms with Crippen molar-refractivity contribution in [1.29, 1.82) is 0 Å². The smallest absolute Gasteiger partial charge is 0.421 e. The molecule has 0 aromatic heterocycles. The zero-order chi connectivity index (χ0) is 38.8. The third kappa shape index (κ3) is 11.6. The van der Waals surface area contributed by atoms with Crippen molar-refractivity contribution >= 4 is 23.3 Å². The Morgan fingerprint density at radius 3 is 1.31 bits per heavy atom. The molecule has 4 aromatic rings. The molecule has 4 N–H and O–H groups in total. The number of carboxylic acids is 1. The number of aliphatic hydroxyl groups is 2. The van der Waals surface area contributed by atoms with Gasteiger partial charge >= 0.3 is 18.3 Å². The second kappa shape index (κ2) is 17.4. The number of amides is 1. The standard InChI is InChI=1S/C19H20F3NO2.C10H9F3O3.C9H13N/c1-13(2)23(16-7-5-4-6-8-16)17(24)14-9-11-15(12-10-14)18(3,25)19(20,21)22;1-9(16,10(11,12)13)7-4-2-6(3-5-7)8(14)15;1-8(2)10-9-6-4-3-5-7-9/h4-13,25H,1-3H3;2-5,16H,1H3,(H,14,15);3-8,10H,1-2H3. The lowest BCUT2D eigenvalue weighted by molar-refractivity contribution is -0.259. The Morgan fingerprint density at radius 1 is 0.608 bits per heavy atom. The summed E-state index contributed by atoms with van der Waals surface area (Å²) in [7, 11) is 0. The summed E-state index contributed by atoms with van der Waals surface area (Å²) in [5.74, 6) is -1.56. The van der Waals surface area contributed by atoms with Crippen molar-refractivity contribution in [1.82, 2.24) is 0 Å². The molecular weight excluding hydrogens is 678 g/mol. The van der Waals surface area contributed by atoms with Crippen LogP contribution in [-0.2, 0) is 11.2 Å². The third-order valence-electron chi connectivity index (χ3n) is 7.49. The van der Waals surface area contributed by atoms with E-state index < -0.39 is 35.1 Å². The van der Waals surface area contributed by atoms with Gasteiger partial charge in [-0.3, -0.25) is 4.79 Å². The molecule has 0 aliphatic carbocycles. The number of anilines is 2. The third-order valence-corrected chi connectivity index (χ3v) is 7.49. The molecule has 13 heteroatoms. The molecule has 0 aliphatic rings. The normalized spacial score (nSPS) is 13.8. The maximum Gasteiger partial charge on any atom is 0.421 e. The first kappa shape index (κ1) is 42.3. The number of halogens is 6. The molecule has 0 fully saturated rings. The quantitative estimate of drug-likeness (QED) is 0.135. The van der Waals surface area contributed by atoms with E-state index in [1.165, 1.54) is 17.8 Å². The predicted octanol–water partition coefficient (Wildman–Crippen LogP) is 9.17. The Hall–Kier alpha value is -4.88. The van der Waals surface area contributed by atoms with Crippen LogP contribution in [0, 0.1) is 0 Å². The van der Waals surface area contributed by atoms with E-state index in [9.17, 15) is 46.1 Å². The highest BCUT2D eigenvalue weighted by atomic mass is 19.4. The van der Waals surface area contributed by atoms with Gasteiger partial charge in [0.15, 0.2) is 11.2 Å². The summed E-state index contributed by atoms with van der Waals surface area (Å²) in [6, 6.07) is 28.4. The molecule has 51 heavy (non-hydrogen) atoms. The highest BCUT2D eigenvalue weighted by Gasteiger charge is 2.52. The molecule has 0 aliphatic heterocycles. The summed E-state index contributed by atoms with van der Waals surface area (Å²) in [6.45, 7) is 9.28. The number of hydrogen-bond acceptors (Lipinski definition) is 5. The molecule has 0 bridgehead atoms. The van der Waals surface area contributed by atoms with Crippen molar-refractivity contribution in [2.45, 2.75) is 77.2 Å². The lowest BCUT2D eigenvalue weighted by Gasteiger charge is -2.28. The van der Waals surface area contributed by atoms with Crippen LogP contribution in [0.1, 0.15) is 73.4 Å². The van der Waals surface area contributed by atoms with Crippen LogP contribution in [0.2, 0.25) is 0 Å². The molecule has 276 valence electrons. The molecule has 0 radical (unpaired) electrons. The SMILES string of the molecule is CC(C)N(C(=O)c1ccc(C(C)(O)C(F)(F)F)cc1)c1ccccc1.CC(C)Nc1ccccc1.CC(O)(c1ccc(C(=O)O)cc1)C(F)(F)F. The van der Waals surface area contributed by atoms with E-state index in [1.54, 1.807) is 17.0 Å². The lowest BCUT2D eigenvalue weighted by atomic mass is 9.94. The van der Waals surface area contributed by atoms with Gasteiger partial charge in [0.2, 0.25) is 0 Å². The van der Waals surface area contributed by atoms with E-state index in [0.29, 0.717) is 25.6 Å². The van der Waals surface area contributed by atoms with Crippen molar-refractivity contribution in [3.8, 4) is 0 Å². The number of para-hydroxylation sites is 2. The molecule has 2 unspecified atom stereocenters. The van der Waals surface area contributed by atoms with Crippen molar-refractivity contribution in [3.05, 3.63) is 131 Å². The number of carbonyl (C=O) groups excluding carboxylic acids is 1. The molecule has 7 nitrogen and oxygen atoms in total. The number of nitrogens with one attached hydrogen (secondary N) is 1. The fourth-order valence-electron chi connectivity index (χ4n) is 4.45. The van der Waals surface area contributed by atoms with Gasteiger partial charge in [0, 0.05) is 29.0 Å². The van der Waals surface area contributed by atoms with Crippen molar-refractivity contribution < 1.29 is 51.3 Å². The van der Waals surface area contributed by atoms with Gasteiger partial charge in [0.1, 0.15) is 0 Å². The first-order valence-corrected chi connectivity index (χ1v) is 15.7. The maximum atomic E-state index is 12.9. The molecular formula is C38H42F6N2O5. The second-order valence-corrected chi connectivity index (χ2v) is 12.4. The van der Waals surface area contributed by atoms with E-state index in [2.05, 4.69) is 31.3 Å². The Morgan fingerprint density at radius 2 is 0.980 bits per heavy atom. The monoisotopic (exact) mass is 720 g/mol. The summed E-state index contributed by atoms with van der Waals surface area (Å²) in [6.07, 6.45) is -9.61. The van der Waals surface area contributed by atoms with Gasteiger partial charge in [-0.15, -0.1) is 0 Å². The van der Waals surface area contributed by atoms with E-state index >= 15 is 0 Å². The first-order chi connectivity index (χ1) is 23.5. The van der Waals surface area contributed by atoms with Crippen LogP contribution < -0.4 is 10.2 Å². The van der Waals surface area contributed by atoms with Gasteiger partial charge in [0.25, 0.3) is 5.91 Å². The number of aromatic carboxylic acids is 1. The van der Waals surface area contributed by atoms with E-state index in [4.69, 9.17) is 5.11 Å². The number of benzene rings is 4. The molecule has 4 rings (SSSR count). The minimum Gasteiger partial charge on any atom is -0.478 e. The van der Waals surface area contributed by atoms with Crippen LogP contribution in [0.4, 0.5) is 37.7 Å². The summed E-state index contributed by atoms with van der Waals surface area (Å²) in [5.41, 5.74) is -4.65. The van der Waals surface area contributed by atoms with Crippen molar-refractivity contribution in [2.24, 2.45) is 0 Å². The van der Waals surface area contributed by atoms with Gasteiger partial charge in [-0.05, 0) is 101 Å². The number of rotatable bonds is 8. The molecule has 0 saturated carbocycles. The molecule has 0 spiro atoms. The van der Waals surface area contributed by atoms with Gasteiger partial charge < -0.3 is 25.5 Å². The van der Waals surface area contributed by atoms with Crippen LogP contribution >= 0.6 is 0 Å². The topological polar surface area (TPSA) is 110 Å². The highest BCUT2D eigenvalue weighted by Crippen LogP contribution is 2.39. The summed E-state index contributed by atoms with van der Waals surface area (Å²) >= 11 is 0. The van der Waals surface area contributed by atoms with Crippen LogP contribution in [-0.4, -0.2) is 51.6 Å². The van der Waals surface area contributed by atoms with E-state index in [0.717, 1.165) is 36.4 Å². The lowest BCUT2D eigenvalue weighted by Crippen LogP contribution is -2.39. The fourth-order valence-corrected chi connectivity index (χ4v) is 4.45. The van der Waals surface area contributed by atoms with Crippen molar-refractivity contribution in [2.75, 3.05) is 10.2 Å². The first-order valence-electron chi connectivity index (χ1n) is 15.7. The number of carboxylic acid groups (broad SMARTS) is 1. The maximum absolute atomic E-state index is 12.9. The Labute approximate surface area is 293 Å². The average Bonchev–Trinajstić information content (AvgIpc) is 3.05. The molecule has 2 atom stereocenters. The van der Waals surface area contributed by atoms with E-state index in [-0.39, 0.29) is 28.6 Å². The minimum atomic E-state index is -4.81. The Bertz CT molecular complexity index is 1670. The van der Waals surface area contributed by atoms with Crippen molar-refractivity contribution in [3.63, 3.8) is 0 Å². The largest absolute Gasteiger partial charge is 0.478 e. The highest BCUT2D eigenvalue weighted by molar-refractivity contribution is 6.06. The second-order valence-electron chi connectivity index (χ2n) is 12.4. The van der Waals surface area contributed by atoms with Gasteiger partial charge in [-0.25, -0.2) is 4.79 Å². The molecule has 0 saturated heterocycles. The zero-order valence-corrected chi connectivity index (χ0v) is 28.9. The van der Waals surface area contributed by atoms with Crippen LogP contribution in [0.25, 0.3) is 0 Å². The van der Waals surface area contributed by atoms with Crippen LogP contribution in [0.15, 0.2) is 109 Å². The number of nitrogens with zero attached hydrogens (tertiary/aromatic N) is 1. The molecule has 0 heterocycles. The number of carbonyl (C=O) groups is 2. The van der Waals surface area contributed by atoms with E-state index in [1.807, 2.05) is 50.2 Å². The van der Waals surface area contributed by atoms with Crippen LogP contribution in [0.5, 0.6) is 0 Å². The van der Waals surface area contributed by atoms with Gasteiger partial charge in [0.05, 0.1) is 5.56 Å². The Kier molecular flexibility index (Phi) is 14.4. The van der Waals surface area contributed by atoms with Crippen LogP contribution in [0.3, 0.4) is 0 Å². The molecule has 1 amide bonds. The van der Waals surface area contributed by atoms with Gasteiger partial charge in [-0.2, -0.15) is 26.3 Å². The summed E-state index contributed by atoms with van der Waals surface area (Å²) < 4.78 is 76.0. The fraction of sp³-hybridized carbons (Fsp3) is 0.316. The predicted molar refractivity (Wildman–Crippen MR) is 185 cm³/mol. The summed E-state index contributed by atoms with van der Waals surface area (Å²) in [4.78, 5) is 24.8. The van der Waals surface area contributed by atoms with Gasteiger partial charge in [-0.1, -0.05) is 60.7 Å². The molecule has 4 aromatic carbocycles. The Balaban J connectivity index is 0.000000295.